The van der Waals surface area contributed by atoms with Crippen LogP contribution in [0.25, 0.3) is 5.69 Å². The van der Waals surface area contributed by atoms with Gasteiger partial charge in [-0.15, -0.1) is 0 Å². The lowest BCUT2D eigenvalue weighted by Crippen LogP contribution is -2.41. The first-order valence-electron chi connectivity index (χ1n) is 10.3. The van der Waals surface area contributed by atoms with Crippen molar-refractivity contribution in [2.24, 2.45) is 5.92 Å². The summed E-state index contributed by atoms with van der Waals surface area (Å²) in [7, 11) is 0. The van der Waals surface area contributed by atoms with Crippen LogP contribution < -0.4 is 5.32 Å². The van der Waals surface area contributed by atoms with Gasteiger partial charge in [-0.3, -0.25) is 9.59 Å². The molecule has 154 valence electrons. The summed E-state index contributed by atoms with van der Waals surface area (Å²) in [6, 6.07) is 17.3. The normalized spacial score (nSPS) is 14.5. The fraction of sp³-hybridized carbons (Fsp3) is 0.292. The standard InChI is InChI=1S/C24H26N4O2/c1-17-6-7-18(2)28(17)21-10-8-20(9-11-21)24(30)27-15-12-19(13-16-27)23(29)26-22-5-3-4-14-25-22/h3-11,14,19H,12-13,15-16H2,1-2H3,(H,25,26,29). The Labute approximate surface area is 176 Å². The van der Waals surface area contributed by atoms with Crippen LogP contribution in [0.15, 0.2) is 60.8 Å². The molecular formula is C24H26N4O2. The van der Waals surface area contributed by atoms with E-state index in [9.17, 15) is 9.59 Å². The molecule has 3 aromatic rings. The third-order valence-electron chi connectivity index (χ3n) is 5.71. The molecule has 6 heteroatoms. The van der Waals surface area contributed by atoms with Gasteiger partial charge in [0.1, 0.15) is 5.82 Å². The smallest absolute Gasteiger partial charge is 0.253 e. The van der Waals surface area contributed by atoms with E-state index in [1.165, 1.54) is 0 Å². The molecule has 0 radical (unpaired) electrons. The number of anilines is 1. The predicted octanol–water partition coefficient (Wildman–Crippen LogP) is 3.98. The quantitative estimate of drug-likeness (QED) is 0.718. The van der Waals surface area contributed by atoms with Crippen molar-refractivity contribution in [2.45, 2.75) is 26.7 Å². The average Bonchev–Trinajstić information content (AvgIpc) is 3.12. The number of benzene rings is 1. The van der Waals surface area contributed by atoms with Gasteiger partial charge < -0.3 is 14.8 Å². The molecular weight excluding hydrogens is 376 g/mol. The van der Waals surface area contributed by atoms with E-state index >= 15 is 0 Å². The summed E-state index contributed by atoms with van der Waals surface area (Å²) >= 11 is 0. The molecule has 6 nitrogen and oxygen atoms in total. The van der Waals surface area contributed by atoms with Gasteiger partial charge in [0.05, 0.1) is 0 Å². The molecule has 0 unspecified atom stereocenters. The van der Waals surface area contributed by atoms with Crippen LogP contribution in [0, 0.1) is 19.8 Å². The Morgan fingerprint density at radius 2 is 1.60 bits per heavy atom. The molecule has 0 aliphatic carbocycles. The molecule has 1 fully saturated rings. The maximum atomic E-state index is 12.9. The number of hydrogen-bond acceptors (Lipinski definition) is 3. The molecule has 2 aromatic heterocycles. The van der Waals surface area contributed by atoms with E-state index in [-0.39, 0.29) is 17.7 Å². The lowest BCUT2D eigenvalue weighted by atomic mass is 9.95. The zero-order valence-electron chi connectivity index (χ0n) is 17.3. The topological polar surface area (TPSA) is 67.2 Å². The Bertz CT molecular complexity index is 1010. The second kappa shape index (κ2) is 8.53. The van der Waals surface area contributed by atoms with Gasteiger partial charge >= 0.3 is 0 Å². The summed E-state index contributed by atoms with van der Waals surface area (Å²) in [6.45, 7) is 5.30. The Balaban J connectivity index is 1.36. The fourth-order valence-corrected chi connectivity index (χ4v) is 4.02. The zero-order chi connectivity index (χ0) is 21.1. The maximum absolute atomic E-state index is 12.9. The van der Waals surface area contributed by atoms with Crippen LogP contribution >= 0.6 is 0 Å². The van der Waals surface area contributed by atoms with E-state index in [4.69, 9.17) is 0 Å². The monoisotopic (exact) mass is 402 g/mol. The number of hydrogen-bond donors (Lipinski definition) is 1. The van der Waals surface area contributed by atoms with Gasteiger partial charge in [0.2, 0.25) is 5.91 Å². The van der Waals surface area contributed by atoms with Gasteiger partial charge in [0.25, 0.3) is 5.91 Å². The summed E-state index contributed by atoms with van der Waals surface area (Å²) in [5.74, 6) is 0.459. The summed E-state index contributed by atoms with van der Waals surface area (Å²) < 4.78 is 2.17. The number of piperidine rings is 1. The maximum Gasteiger partial charge on any atom is 0.253 e. The molecule has 1 saturated heterocycles. The van der Waals surface area contributed by atoms with Gasteiger partial charge in [-0.1, -0.05) is 6.07 Å². The van der Waals surface area contributed by atoms with Crippen molar-refractivity contribution in [1.82, 2.24) is 14.5 Å². The van der Waals surface area contributed by atoms with Gasteiger partial charge in [-0.05, 0) is 75.2 Å². The second-order valence-corrected chi connectivity index (χ2v) is 7.77. The van der Waals surface area contributed by atoms with Crippen molar-refractivity contribution >= 4 is 17.6 Å². The van der Waals surface area contributed by atoms with Crippen molar-refractivity contribution in [3.05, 3.63) is 77.7 Å². The first-order valence-corrected chi connectivity index (χ1v) is 10.3. The molecule has 1 N–H and O–H groups in total. The van der Waals surface area contributed by atoms with E-state index in [2.05, 4.69) is 40.8 Å². The number of carbonyl (C=O) groups is 2. The van der Waals surface area contributed by atoms with E-state index < -0.39 is 0 Å². The summed E-state index contributed by atoms with van der Waals surface area (Å²) in [5.41, 5.74) is 4.06. The van der Waals surface area contributed by atoms with Crippen LogP contribution in [0.1, 0.15) is 34.6 Å². The van der Waals surface area contributed by atoms with Gasteiger partial charge in [0.15, 0.2) is 0 Å². The number of pyridine rings is 1. The predicted molar refractivity (Wildman–Crippen MR) is 117 cm³/mol. The summed E-state index contributed by atoms with van der Waals surface area (Å²) in [6.07, 6.45) is 2.97. The third-order valence-corrected chi connectivity index (χ3v) is 5.71. The van der Waals surface area contributed by atoms with Crippen LogP contribution in [0.4, 0.5) is 5.82 Å². The molecule has 2 amide bonds. The largest absolute Gasteiger partial charge is 0.339 e. The van der Waals surface area contributed by atoms with E-state index in [1.807, 2.05) is 41.3 Å². The number of likely N-dealkylation sites (tertiary alicyclic amines) is 1. The minimum atomic E-state index is -0.0990. The summed E-state index contributed by atoms with van der Waals surface area (Å²) in [4.78, 5) is 31.3. The first kappa shape index (κ1) is 19.9. The van der Waals surface area contributed by atoms with Crippen molar-refractivity contribution in [3.8, 4) is 5.69 Å². The molecule has 1 aliphatic heterocycles. The third kappa shape index (κ3) is 4.13. The Kier molecular flexibility index (Phi) is 5.65. The fourth-order valence-electron chi connectivity index (χ4n) is 4.02. The SMILES string of the molecule is Cc1ccc(C)n1-c1ccc(C(=O)N2CCC(C(=O)Nc3ccccn3)CC2)cc1. The van der Waals surface area contributed by atoms with Gasteiger partial charge in [-0.2, -0.15) is 0 Å². The van der Waals surface area contributed by atoms with E-state index in [0.29, 0.717) is 37.3 Å². The van der Waals surface area contributed by atoms with Gasteiger partial charge in [0, 0.05) is 47.8 Å². The van der Waals surface area contributed by atoms with Crippen LogP contribution in [0.3, 0.4) is 0 Å². The number of aromatic nitrogens is 2. The Hall–Kier alpha value is -3.41. The molecule has 0 saturated carbocycles. The summed E-state index contributed by atoms with van der Waals surface area (Å²) in [5, 5.41) is 2.86. The molecule has 1 aliphatic rings. The van der Waals surface area contributed by atoms with E-state index in [0.717, 1.165) is 17.1 Å². The van der Waals surface area contributed by atoms with Crippen molar-refractivity contribution in [2.75, 3.05) is 18.4 Å². The van der Waals surface area contributed by atoms with Crippen molar-refractivity contribution in [3.63, 3.8) is 0 Å². The molecule has 3 heterocycles. The highest BCUT2D eigenvalue weighted by molar-refractivity contribution is 5.95. The second-order valence-electron chi connectivity index (χ2n) is 7.77. The molecule has 30 heavy (non-hydrogen) atoms. The molecule has 1 aromatic carbocycles. The molecule has 0 spiro atoms. The first-order chi connectivity index (χ1) is 14.5. The van der Waals surface area contributed by atoms with Crippen LogP contribution in [0.5, 0.6) is 0 Å². The number of amides is 2. The highest BCUT2D eigenvalue weighted by atomic mass is 16.2. The Morgan fingerprint density at radius 3 is 2.20 bits per heavy atom. The van der Waals surface area contributed by atoms with Crippen molar-refractivity contribution in [1.29, 1.82) is 0 Å². The minimum absolute atomic E-state index is 0.0195. The lowest BCUT2D eigenvalue weighted by molar-refractivity contribution is -0.121. The van der Waals surface area contributed by atoms with Crippen LogP contribution in [0.2, 0.25) is 0 Å². The highest BCUT2D eigenvalue weighted by Crippen LogP contribution is 2.22. The van der Waals surface area contributed by atoms with Gasteiger partial charge in [-0.25, -0.2) is 4.98 Å². The highest BCUT2D eigenvalue weighted by Gasteiger charge is 2.28. The zero-order valence-corrected chi connectivity index (χ0v) is 17.3. The average molecular weight is 402 g/mol. The number of nitrogens with zero attached hydrogens (tertiary/aromatic N) is 3. The molecule has 4 rings (SSSR count). The van der Waals surface area contributed by atoms with E-state index in [1.54, 1.807) is 12.3 Å². The molecule has 0 bridgehead atoms. The Morgan fingerprint density at radius 1 is 0.933 bits per heavy atom. The lowest BCUT2D eigenvalue weighted by Gasteiger charge is -2.31. The number of carbonyl (C=O) groups excluding carboxylic acids is 2. The number of aryl methyl sites for hydroxylation is 2. The molecule has 0 atom stereocenters. The number of nitrogens with one attached hydrogen (secondary N) is 1. The minimum Gasteiger partial charge on any atom is -0.339 e. The van der Waals surface area contributed by atoms with Crippen LogP contribution in [-0.4, -0.2) is 39.4 Å². The van der Waals surface area contributed by atoms with Crippen LogP contribution in [-0.2, 0) is 4.79 Å². The van der Waals surface area contributed by atoms with Crippen molar-refractivity contribution < 1.29 is 9.59 Å². The number of rotatable bonds is 4.